The highest BCUT2D eigenvalue weighted by molar-refractivity contribution is 5.77. The maximum atomic E-state index is 13.3. The average molecular weight is 949 g/mol. The molecule has 6 heteroatoms. The van der Waals surface area contributed by atoms with Crippen LogP contribution in [-0.4, -0.2) is 46.9 Å². The number of hydrogen-bond donors (Lipinski definition) is 3. The highest BCUT2D eigenvalue weighted by Crippen LogP contribution is 2.18. The Bertz CT molecular complexity index is 1290. The molecule has 0 aliphatic heterocycles. The van der Waals surface area contributed by atoms with Crippen LogP contribution in [0, 0.1) is 0 Å². The van der Waals surface area contributed by atoms with Gasteiger partial charge in [0.15, 0.2) is 0 Å². The second-order valence-electron chi connectivity index (χ2n) is 19.4. The number of carbonyl (C=O) groups excluding carboxylic acids is 2. The van der Waals surface area contributed by atoms with Crippen molar-refractivity contribution in [3.05, 3.63) is 85.1 Å². The molecule has 1 amide bonds. The topological polar surface area (TPSA) is 95.9 Å². The summed E-state index contributed by atoms with van der Waals surface area (Å²) in [5.41, 5.74) is 0. The molecule has 0 aliphatic carbocycles. The number of ether oxygens (including phenoxy) is 1. The van der Waals surface area contributed by atoms with E-state index in [2.05, 4.69) is 111 Å². The number of nitrogens with one attached hydrogen (secondary N) is 1. The zero-order valence-corrected chi connectivity index (χ0v) is 44.7. The summed E-state index contributed by atoms with van der Waals surface area (Å²) < 4.78 is 5.93. The first-order chi connectivity index (χ1) is 33.5. The van der Waals surface area contributed by atoms with Crippen LogP contribution < -0.4 is 5.32 Å². The Morgan fingerprint density at radius 2 is 0.853 bits per heavy atom. The lowest BCUT2D eigenvalue weighted by Crippen LogP contribution is -2.46. The van der Waals surface area contributed by atoms with Gasteiger partial charge >= 0.3 is 5.97 Å². The minimum atomic E-state index is -0.804. The number of esters is 1. The van der Waals surface area contributed by atoms with Crippen LogP contribution in [0.25, 0.3) is 0 Å². The lowest BCUT2D eigenvalue weighted by atomic mass is 10.0. The minimum Gasteiger partial charge on any atom is -0.462 e. The lowest BCUT2D eigenvalue weighted by molar-refractivity contribution is -0.151. The molecule has 68 heavy (non-hydrogen) atoms. The summed E-state index contributed by atoms with van der Waals surface area (Å²) in [6, 6.07) is -0.720. The zero-order valence-electron chi connectivity index (χ0n) is 44.7. The summed E-state index contributed by atoms with van der Waals surface area (Å²) in [6.07, 6.45) is 72.2. The molecule has 0 aromatic rings. The third kappa shape index (κ3) is 49.5. The van der Waals surface area contributed by atoms with Gasteiger partial charge in [-0.3, -0.25) is 9.59 Å². The van der Waals surface area contributed by atoms with Crippen LogP contribution >= 0.6 is 0 Å². The Labute approximate surface area is 421 Å². The van der Waals surface area contributed by atoms with Gasteiger partial charge in [0.1, 0.15) is 6.10 Å². The third-order valence-electron chi connectivity index (χ3n) is 12.8. The van der Waals surface area contributed by atoms with Gasteiger partial charge in [0.05, 0.1) is 25.2 Å². The summed E-state index contributed by atoms with van der Waals surface area (Å²) in [6.45, 7) is 6.33. The lowest BCUT2D eigenvalue weighted by Gasteiger charge is -2.24. The first kappa shape index (κ1) is 65.0. The quantitative estimate of drug-likeness (QED) is 0.0244. The van der Waals surface area contributed by atoms with Gasteiger partial charge in [-0.05, 0) is 89.9 Å². The van der Waals surface area contributed by atoms with Crippen LogP contribution in [0.2, 0.25) is 0 Å². The van der Waals surface area contributed by atoms with Crippen molar-refractivity contribution in [2.75, 3.05) is 6.61 Å². The summed E-state index contributed by atoms with van der Waals surface area (Å²) in [5.74, 6) is -0.530. The zero-order chi connectivity index (χ0) is 49.5. The van der Waals surface area contributed by atoms with Crippen molar-refractivity contribution in [2.24, 2.45) is 0 Å². The molecule has 392 valence electrons. The van der Waals surface area contributed by atoms with Crippen molar-refractivity contribution in [1.82, 2.24) is 5.32 Å². The van der Waals surface area contributed by atoms with E-state index < -0.39 is 18.2 Å². The van der Waals surface area contributed by atoms with Crippen molar-refractivity contribution in [3.8, 4) is 0 Å². The number of aliphatic hydroxyl groups is 2. The molecular formula is C62H109NO5. The summed E-state index contributed by atoms with van der Waals surface area (Å²) in [7, 11) is 0. The van der Waals surface area contributed by atoms with Crippen LogP contribution in [-0.2, 0) is 14.3 Å². The van der Waals surface area contributed by atoms with E-state index in [0.29, 0.717) is 19.3 Å². The molecule has 0 radical (unpaired) electrons. The SMILES string of the molecule is CC/C=C/C=C/C=C/CCCCCCCC(CC(=O)NC(CO)C(O)CCCCCCCCCCCCCCCCCCC)OC(=O)CCCCC/C=C\C/C=C\C/C=C\C/C=C\CCCCC. The van der Waals surface area contributed by atoms with E-state index >= 15 is 0 Å². The Morgan fingerprint density at radius 1 is 0.456 bits per heavy atom. The molecule has 0 saturated carbocycles. The molecule has 3 N–H and O–H groups in total. The van der Waals surface area contributed by atoms with Gasteiger partial charge in [-0.15, -0.1) is 0 Å². The molecule has 0 spiro atoms. The first-order valence-corrected chi connectivity index (χ1v) is 28.8. The molecule has 3 atom stereocenters. The molecule has 0 saturated heterocycles. The maximum Gasteiger partial charge on any atom is 0.306 e. The monoisotopic (exact) mass is 948 g/mol. The Hall–Kier alpha value is -2.96. The molecule has 6 nitrogen and oxygen atoms in total. The number of amides is 1. The Kier molecular flexibility index (Phi) is 52.6. The number of aliphatic hydroxyl groups excluding tert-OH is 2. The fourth-order valence-corrected chi connectivity index (χ4v) is 8.41. The van der Waals surface area contributed by atoms with Crippen molar-refractivity contribution < 1.29 is 24.5 Å². The summed E-state index contributed by atoms with van der Waals surface area (Å²) in [4.78, 5) is 26.3. The normalized spacial score (nSPS) is 13.8. The van der Waals surface area contributed by atoms with Gasteiger partial charge in [-0.2, -0.15) is 0 Å². The van der Waals surface area contributed by atoms with Crippen molar-refractivity contribution in [1.29, 1.82) is 0 Å². The van der Waals surface area contributed by atoms with E-state index in [0.717, 1.165) is 109 Å². The molecule has 3 unspecified atom stereocenters. The van der Waals surface area contributed by atoms with E-state index in [1.807, 2.05) is 0 Å². The van der Waals surface area contributed by atoms with Crippen molar-refractivity contribution in [2.45, 2.75) is 289 Å². The number of allylic oxidation sites excluding steroid dienone is 14. The Morgan fingerprint density at radius 3 is 1.35 bits per heavy atom. The largest absolute Gasteiger partial charge is 0.462 e. The second kappa shape index (κ2) is 55.0. The van der Waals surface area contributed by atoms with E-state index in [1.165, 1.54) is 116 Å². The fourth-order valence-electron chi connectivity index (χ4n) is 8.41. The maximum absolute atomic E-state index is 13.3. The molecule has 0 fully saturated rings. The molecule has 0 bridgehead atoms. The average Bonchev–Trinajstić information content (AvgIpc) is 3.33. The molecule has 0 aliphatic rings. The summed E-state index contributed by atoms with van der Waals surface area (Å²) in [5, 5.41) is 23.9. The number of rotatable bonds is 51. The van der Waals surface area contributed by atoms with Gasteiger partial charge in [-0.1, -0.05) is 254 Å². The van der Waals surface area contributed by atoms with Crippen molar-refractivity contribution >= 4 is 11.9 Å². The number of unbranched alkanes of at least 4 members (excludes halogenated alkanes) is 27. The first-order valence-electron chi connectivity index (χ1n) is 28.8. The molecule has 0 aromatic carbocycles. The predicted octanol–water partition coefficient (Wildman–Crippen LogP) is 17.9. The number of carbonyl (C=O) groups is 2. The predicted molar refractivity (Wildman–Crippen MR) is 296 cm³/mol. The highest BCUT2D eigenvalue weighted by Gasteiger charge is 2.24. The van der Waals surface area contributed by atoms with Gasteiger partial charge in [0.2, 0.25) is 5.91 Å². The van der Waals surface area contributed by atoms with Crippen LogP contribution in [0.3, 0.4) is 0 Å². The fraction of sp³-hybridized carbons (Fsp3) is 0.742. The number of hydrogen-bond acceptors (Lipinski definition) is 5. The van der Waals surface area contributed by atoms with Crippen LogP contribution in [0.15, 0.2) is 85.1 Å². The van der Waals surface area contributed by atoms with E-state index in [-0.39, 0.29) is 24.9 Å². The van der Waals surface area contributed by atoms with Crippen LogP contribution in [0.5, 0.6) is 0 Å². The molecule has 0 heterocycles. The van der Waals surface area contributed by atoms with E-state index in [4.69, 9.17) is 4.74 Å². The van der Waals surface area contributed by atoms with E-state index in [9.17, 15) is 19.8 Å². The van der Waals surface area contributed by atoms with E-state index in [1.54, 1.807) is 0 Å². The highest BCUT2D eigenvalue weighted by atomic mass is 16.5. The van der Waals surface area contributed by atoms with Crippen molar-refractivity contribution in [3.63, 3.8) is 0 Å². The van der Waals surface area contributed by atoms with Gasteiger partial charge in [0.25, 0.3) is 0 Å². The van der Waals surface area contributed by atoms with Crippen LogP contribution in [0.1, 0.15) is 271 Å². The molecular weight excluding hydrogens is 839 g/mol. The minimum absolute atomic E-state index is 0.0475. The molecule has 0 rings (SSSR count). The standard InChI is InChI=1S/C62H109NO5/c1-4-7-10-13-16-19-22-25-27-29-30-32-34-37-40-43-46-49-52-55-62(67)68-58(53-50-47-44-41-38-35-24-21-18-15-12-9-6-3)56-61(66)63-59(57-64)60(65)54-51-48-45-42-39-36-33-31-28-26-23-20-17-14-11-8-5-2/h9,12,15-16,18-19,21,24-25,27,30,32,37,40,58-60,64-65H,4-8,10-11,13-14,17,20,22-23,26,28-29,31,33-36,38-39,41-57H2,1-3H3,(H,63,66)/b12-9+,18-15+,19-16-,24-21+,27-25-,32-30-,40-37-. The van der Waals surface area contributed by atoms with Gasteiger partial charge in [-0.25, -0.2) is 0 Å². The smallest absolute Gasteiger partial charge is 0.306 e. The Balaban J connectivity index is 4.59. The summed E-state index contributed by atoms with van der Waals surface area (Å²) >= 11 is 0. The van der Waals surface area contributed by atoms with Gasteiger partial charge < -0.3 is 20.3 Å². The molecule has 0 aromatic heterocycles. The van der Waals surface area contributed by atoms with Gasteiger partial charge in [0, 0.05) is 6.42 Å². The van der Waals surface area contributed by atoms with Crippen LogP contribution in [0.4, 0.5) is 0 Å². The second-order valence-corrected chi connectivity index (χ2v) is 19.4. The third-order valence-corrected chi connectivity index (χ3v) is 12.8.